The van der Waals surface area contributed by atoms with Crippen molar-refractivity contribution in [1.82, 2.24) is 0 Å². The Bertz CT molecular complexity index is 1060. The van der Waals surface area contributed by atoms with Crippen molar-refractivity contribution < 1.29 is 18.7 Å². The second-order valence-electron chi connectivity index (χ2n) is 6.81. The van der Waals surface area contributed by atoms with Crippen molar-refractivity contribution in [2.45, 2.75) is 32.8 Å². The van der Waals surface area contributed by atoms with Crippen LogP contribution in [0.1, 0.15) is 24.0 Å². The number of carbonyl (C=O) groups excluding carboxylic acids is 1. The third-order valence-corrected chi connectivity index (χ3v) is 4.90. The molecule has 0 amide bonds. The molecule has 2 heterocycles. The highest BCUT2D eigenvalue weighted by atomic mass is 16.6. The van der Waals surface area contributed by atoms with Crippen LogP contribution < -0.4 is 10.2 Å². The zero-order valence-corrected chi connectivity index (χ0v) is 15.3. The molecule has 0 unspecified atom stereocenters. The Kier molecular flexibility index (Phi) is 4.54. The van der Waals surface area contributed by atoms with Gasteiger partial charge in [-0.1, -0.05) is 30.3 Å². The van der Waals surface area contributed by atoms with Crippen molar-refractivity contribution in [3.05, 3.63) is 63.8 Å². The molecular weight excluding hydrogens is 344 g/mol. The first kappa shape index (κ1) is 17.5. The van der Waals surface area contributed by atoms with Crippen LogP contribution in [-0.4, -0.2) is 18.7 Å². The van der Waals surface area contributed by atoms with Crippen molar-refractivity contribution in [2.24, 2.45) is 0 Å². The molecule has 0 aliphatic carbocycles. The van der Waals surface area contributed by atoms with E-state index in [1.54, 1.807) is 6.07 Å². The predicted octanol–water partition coefficient (Wildman–Crippen LogP) is 4.16. The van der Waals surface area contributed by atoms with Crippen LogP contribution in [0.2, 0.25) is 0 Å². The number of benzene rings is 2. The molecule has 0 radical (unpaired) electrons. The summed E-state index contributed by atoms with van der Waals surface area (Å²) < 4.78 is 17.0. The Morgan fingerprint density at radius 1 is 1.11 bits per heavy atom. The molecular formula is C22H20O5. The Balaban J connectivity index is 1.90. The van der Waals surface area contributed by atoms with Crippen LogP contribution in [0.4, 0.5) is 0 Å². The molecule has 1 aromatic heterocycles. The lowest BCUT2D eigenvalue weighted by molar-refractivity contribution is -0.144. The summed E-state index contributed by atoms with van der Waals surface area (Å²) >= 11 is 0. The van der Waals surface area contributed by atoms with Gasteiger partial charge in [0.1, 0.15) is 5.58 Å². The van der Waals surface area contributed by atoms with Gasteiger partial charge in [-0.15, -0.1) is 0 Å². The van der Waals surface area contributed by atoms with Gasteiger partial charge >= 0.3 is 5.97 Å². The lowest BCUT2D eigenvalue weighted by Gasteiger charge is -2.13. The predicted molar refractivity (Wildman–Crippen MR) is 102 cm³/mol. The minimum absolute atomic E-state index is 0.0857. The van der Waals surface area contributed by atoms with Crippen LogP contribution in [0, 0.1) is 13.8 Å². The molecule has 4 rings (SSSR count). The van der Waals surface area contributed by atoms with E-state index < -0.39 is 12.1 Å². The lowest BCUT2D eigenvalue weighted by Crippen LogP contribution is -2.27. The maximum Gasteiger partial charge on any atom is 0.340 e. The van der Waals surface area contributed by atoms with Gasteiger partial charge < -0.3 is 13.9 Å². The van der Waals surface area contributed by atoms with Crippen LogP contribution >= 0.6 is 0 Å². The number of hydrogen-bond donors (Lipinski definition) is 0. The molecule has 2 aromatic carbocycles. The average Bonchev–Trinajstić information content (AvgIpc) is 3.21. The van der Waals surface area contributed by atoms with Gasteiger partial charge in [-0.25, -0.2) is 4.79 Å². The van der Waals surface area contributed by atoms with E-state index in [-0.39, 0.29) is 16.9 Å². The van der Waals surface area contributed by atoms with Crippen molar-refractivity contribution in [1.29, 1.82) is 0 Å². The van der Waals surface area contributed by atoms with Crippen LogP contribution in [-0.2, 0) is 9.53 Å². The van der Waals surface area contributed by atoms with E-state index in [1.807, 2.05) is 50.2 Å². The molecule has 3 aromatic rings. The first-order chi connectivity index (χ1) is 13.0. The Morgan fingerprint density at radius 2 is 1.85 bits per heavy atom. The normalized spacial score (nSPS) is 16.6. The maximum absolute atomic E-state index is 13.2. The van der Waals surface area contributed by atoms with Gasteiger partial charge in [0, 0.05) is 12.2 Å². The SMILES string of the molecule is Cc1cc2oc(-c3ccccc3)c(OC(=O)[C@H]3CCCO3)c(=O)c2cc1C. The number of esters is 1. The zero-order chi connectivity index (χ0) is 19.0. The Hall–Kier alpha value is -2.92. The van der Waals surface area contributed by atoms with Crippen molar-refractivity contribution >= 4 is 16.9 Å². The second kappa shape index (κ2) is 7.00. The highest BCUT2D eigenvalue weighted by Crippen LogP contribution is 2.32. The van der Waals surface area contributed by atoms with E-state index in [1.165, 1.54) is 0 Å². The summed E-state index contributed by atoms with van der Waals surface area (Å²) in [6.45, 7) is 4.41. The molecule has 1 saturated heterocycles. The first-order valence-corrected chi connectivity index (χ1v) is 9.01. The van der Waals surface area contributed by atoms with Gasteiger partial charge in [0.15, 0.2) is 11.9 Å². The molecule has 0 spiro atoms. The second-order valence-corrected chi connectivity index (χ2v) is 6.81. The number of rotatable bonds is 3. The smallest absolute Gasteiger partial charge is 0.340 e. The number of ether oxygens (including phenoxy) is 2. The summed E-state index contributed by atoms with van der Waals surface area (Å²) in [6, 6.07) is 12.8. The quantitative estimate of drug-likeness (QED) is 0.653. The zero-order valence-electron chi connectivity index (χ0n) is 15.3. The average molecular weight is 364 g/mol. The summed E-state index contributed by atoms with van der Waals surface area (Å²) in [6.07, 6.45) is 0.760. The molecule has 1 aliphatic rings. The lowest BCUT2D eigenvalue weighted by atomic mass is 10.0. The Labute approximate surface area is 156 Å². The molecule has 138 valence electrons. The van der Waals surface area contributed by atoms with E-state index in [0.29, 0.717) is 29.6 Å². The van der Waals surface area contributed by atoms with Gasteiger partial charge in [-0.2, -0.15) is 0 Å². The van der Waals surface area contributed by atoms with E-state index in [2.05, 4.69) is 0 Å². The fourth-order valence-corrected chi connectivity index (χ4v) is 3.24. The van der Waals surface area contributed by atoms with Crippen LogP contribution in [0.25, 0.3) is 22.3 Å². The van der Waals surface area contributed by atoms with Crippen LogP contribution in [0.15, 0.2) is 51.7 Å². The van der Waals surface area contributed by atoms with Crippen molar-refractivity contribution in [3.63, 3.8) is 0 Å². The first-order valence-electron chi connectivity index (χ1n) is 9.01. The van der Waals surface area contributed by atoms with Gasteiger partial charge in [0.2, 0.25) is 11.2 Å². The molecule has 5 heteroatoms. The molecule has 0 bridgehead atoms. The fourth-order valence-electron chi connectivity index (χ4n) is 3.24. The number of aryl methyl sites for hydroxylation is 2. The topological polar surface area (TPSA) is 65.7 Å². The van der Waals surface area contributed by atoms with Crippen LogP contribution in [0.5, 0.6) is 5.75 Å². The monoisotopic (exact) mass is 364 g/mol. The summed E-state index contributed by atoms with van der Waals surface area (Å²) in [5.74, 6) is -0.389. The largest absolute Gasteiger partial charge is 0.452 e. The molecule has 0 N–H and O–H groups in total. The molecule has 1 aliphatic heterocycles. The summed E-state index contributed by atoms with van der Waals surface area (Å²) in [4.78, 5) is 25.6. The highest BCUT2D eigenvalue weighted by molar-refractivity contribution is 5.86. The van der Waals surface area contributed by atoms with E-state index >= 15 is 0 Å². The minimum Gasteiger partial charge on any atom is -0.452 e. The third-order valence-electron chi connectivity index (χ3n) is 4.90. The fraction of sp³-hybridized carbons (Fsp3) is 0.273. The van der Waals surface area contributed by atoms with Crippen molar-refractivity contribution in [2.75, 3.05) is 6.61 Å². The third kappa shape index (κ3) is 3.26. The van der Waals surface area contributed by atoms with E-state index in [4.69, 9.17) is 13.9 Å². The molecule has 0 saturated carbocycles. The van der Waals surface area contributed by atoms with Gasteiger partial charge in [-0.05, 0) is 49.9 Å². The summed E-state index contributed by atoms with van der Waals surface area (Å²) in [5, 5.41) is 0.396. The number of fused-ring (bicyclic) bond motifs is 1. The van der Waals surface area contributed by atoms with Gasteiger partial charge in [0.25, 0.3) is 0 Å². The molecule has 5 nitrogen and oxygen atoms in total. The van der Waals surface area contributed by atoms with E-state index in [0.717, 1.165) is 17.5 Å². The molecule has 1 atom stereocenters. The minimum atomic E-state index is -0.636. The Morgan fingerprint density at radius 3 is 2.56 bits per heavy atom. The number of carbonyl (C=O) groups is 1. The van der Waals surface area contributed by atoms with Crippen molar-refractivity contribution in [3.8, 4) is 17.1 Å². The van der Waals surface area contributed by atoms with Crippen LogP contribution in [0.3, 0.4) is 0 Å². The van der Waals surface area contributed by atoms with Gasteiger partial charge in [-0.3, -0.25) is 4.79 Å². The summed E-state index contributed by atoms with van der Waals surface area (Å²) in [7, 11) is 0. The van der Waals surface area contributed by atoms with Gasteiger partial charge in [0.05, 0.1) is 5.39 Å². The standard InChI is InChI=1S/C22H20O5/c1-13-11-16-18(12-14(13)2)26-20(15-7-4-3-5-8-15)21(19(16)23)27-22(24)17-9-6-10-25-17/h3-5,7-8,11-12,17H,6,9-10H2,1-2H3/t17-/m1/s1. The highest BCUT2D eigenvalue weighted by Gasteiger charge is 2.28. The molecule has 1 fully saturated rings. The molecule has 27 heavy (non-hydrogen) atoms. The number of hydrogen-bond acceptors (Lipinski definition) is 5. The summed E-state index contributed by atoms with van der Waals surface area (Å²) in [5.41, 5.74) is 2.78. The maximum atomic E-state index is 13.2. The van der Waals surface area contributed by atoms with E-state index in [9.17, 15) is 9.59 Å².